The second-order valence-corrected chi connectivity index (χ2v) is 8.43. The molecule has 1 aromatic carbocycles. The number of nitrogens with one attached hydrogen (secondary N) is 2. The number of rotatable bonds is 8. The van der Waals surface area contributed by atoms with Gasteiger partial charge < -0.3 is 20.3 Å². The van der Waals surface area contributed by atoms with Crippen molar-refractivity contribution < 1.29 is 4.74 Å². The van der Waals surface area contributed by atoms with Gasteiger partial charge in [0.2, 0.25) is 0 Å². The van der Waals surface area contributed by atoms with E-state index in [4.69, 9.17) is 9.73 Å². The van der Waals surface area contributed by atoms with E-state index in [-0.39, 0.29) is 29.6 Å². The first kappa shape index (κ1) is 25.4. The second-order valence-electron chi connectivity index (χ2n) is 8.43. The maximum atomic E-state index is 5.90. The van der Waals surface area contributed by atoms with E-state index in [0.717, 1.165) is 64.7 Å². The summed E-state index contributed by atoms with van der Waals surface area (Å²) in [7, 11) is 0. The molecule has 2 aliphatic rings. The fourth-order valence-electron chi connectivity index (χ4n) is 4.12. The lowest BCUT2D eigenvalue weighted by molar-refractivity contribution is 0.0243. The van der Waals surface area contributed by atoms with Gasteiger partial charge in [0, 0.05) is 52.4 Å². The van der Waals surface area contributed by atoms with Crippen molar-refractivity contribution in [3.8, 4) is 0 Å². The van der Waals surface area contributed by atoms with Gasteiger partial charge in [0.05, 0.1) is 12.1 Å². The van der Waals surface area contributed by atoms with Gasteiger partial charge >= 0.3 is 0 Å². The van der Waals surface area contributed by atoms with Crippen LogP contribution in [-0.4, -0.2) is 73.8 Å². The molecule has 0 saturated carbocycles. The van der Waals surface area contributed by atoms with E-state index in [9.17, 15) is 0 Å². The van der Waals surface area contributed by atoms with Crippen LogP contribution in [0, 0.1) is 0 Å². The summed E-state index contributed by atoms with van der Waals surface area (Å²) in [5.74, 6) is 0.871. The van der Waals surface area contributed by atoms with E-state index in [2.05, 4.69) is 65.5 Å². The van der Waals surface area contributed by atoms with E-state index in [0.29, 0.717) is 6.54 Å². The molecule has 0 radical (unpaired) electrons. The first-order valence-electron chi connectivity index (χ1n) is 11.3. The van der Waals surface area contributed by atoms with Crippen molar-refractivity contribution in [3.05, 3.63) is 35.4 Å². The second kappa shape index (κ2) is 12.8. The first-order chi connectivity index (χ1) is 14.1. The number of nitrogens with zero attached hydrogens (tertiary/aromatic N) is 3. The summed E-state index contributed by atoms with van der Waals surface area (Å²) in [4.78, 5) is 9.96. The molecule has 3 rings (SSSR count). The van der Waals surface area contributed by atoms with Gasteiger partial charge in [-0.05, 0) is 44.4 Å². The maximum absolute atomic E-state index is 5.90. The Kier molecular flexibility index (Phi) is 10.8. The van der Waals surface area contributed by atoms with E-state index >= 15 is 0 Å². The highest BCUT2D eigenvalue weighted by atomic mass is 127. The number of piperazine rings is 1. The molecule has 0 aromatic heterocycles. The van der Waals surface area contributed by atoms with Crippen LogP contribution in [0.4, 0.5) is 0 Å². The molecule has 2 N–H and O–H groups in total. The normalized spacial score (nSPS) is 23.2. The number of hydrogen-bond donors (Lipinski definition) is 2. The molecule has 1 atom stereocenters. The first-order valence-corrected chi connectivity index (χ1v) is 11.3. The number of aliphatic imine (C=N–C) groups is 1. The average Bonchev–Trinajstić information content (AvgIpc) is 3.18. The molecule has 0 bridgehead atoms. The molecule has 2 heterocycles. The molecule has 7 heteroatoms. The summed E-state index contributed by atoms with van der Waals surface area (Å²) < 4.78 is 5.90. The Morgan fingerprint density at radius 2 is 1.77 bits per heavy atom. The summed E-state index contributed by atoms with van der Waals surface area (Å²) in [5.41, 5.74) is 2.63. The van der Waals surface area contributed by atoms with Crippen molar-refractivity contribution >= 4 is 29.9 Å². The molecular weight excluding hydrogens is 489 g/mol. The SMILES string of the molecule is CCNC(=NCc1ccccc1CN1CCN(CC)CC1)NCC1(C)CCCO1.I. The quantitative estimate of drug-likeness (QED) is 0.308. The Morgan fingerprint density at radius 3 is 2.40 bits per heavy atom. The minimum absolute atomic E-state index is 0. The van der Waals surface area contributed by atoms with Crippen LogP contribution in [0.3, 0.4) is 0 Å². The number of hydrogen-bond acceptors (Lipinski definition) is 4. The Balaban J connectivity index is 0.00000320. The van der Waals surface area contributed by atoms with Crippen LogP contribution in [0.2, 0.25) is 0 Å². The summed E-state index contributed by atoms with van der Waals surface area (Å²) in [5, 5.41) is 6.86. The molecule has 0 aliphatic carbocycles. The number of ether oxygens (including phenoxy) is 1. The number of halogens is 1. The van der Waals surface area contributed by atoms with Crippen molar-refractivity contribution in [3.63, 3.8) is 0 Å². The van der Waals surface area contributed by atoms with Gasteiger partial charge in [0.1, 0.15) is 0 Å². The third-order valence-corrected chi connectivity index (χ3v) is 6.11. The third kappa shape index (κ3) is 7.66. The van der Waals surface area contributed by atoms with Crippen LogP contribution >= 0.6 is 24.0 Å². The number of likely N-dealkylation sites (N-methyl/N-ethyl adjacent to an activating group) is 1. The molecule has 1 aromatic rings. The number of benzene rings is 1. The van der Waals surface area contributed by atoms with Gasteiger partial charge in [-0.25, -0.2) is 4.99 Å². The van der Waals surface area contributed by atoms with Gasteiger partial charge in [-0.1, -0.05) is 31.2 Å². The van der Waals surface area contributed by atoms with Crippen molar-refractivity contribution in [1.82, 2.24) is 20.4 Å². The van der Waals surface area contributed by atoms with Crippen LogP contribution in [-0.2, 0) is 17.8 Å². The molecule has 2 saturated heterocycles. The minimum Gasteiger partial charge on any atom is -0.373 e. The standard InChI is InChI=1S/C23H39N5O.HI/c1-4-24-22(26-19-23(3)11-8-16-29-23)25-17-20-9-6-7-10-21(20)18-28-14-12-27(5-2)13-15-28;/h6-7,9-10H,4-5,8,11-19H2,1-3H3,(H2,24,25,26);1H. The van der Waals surface area contributed by atoms with E-state index in [1.165, 1.54) is 24.2 Å². The van der Waals surface area contributed by atoms with Crippen molar-refractivity contribution in [2.45, 2.75) is 52.3 Å². The zero-order valence-electron chi connectivity index (χ0n) is 19.0. The zero-order chi connectivity index (χ0) is 20.5. The van der Waals surface area contributed by atoms with Crippen molar-refractivity contribution in [2.75, 3.05) is 52.4 Å². The highest BCUT2D eigenvalue weighted by Crippen LogP contribution is 2.23. The highest BCUT2D eigenvalue weighted by molar-refractivity contribution is 14.0. The summed E-state index contributed by atoms with van der Waals surface area (Å²) in [6.07, 6.45) is 2.25. The Labute approximate surface area is 199 Å². The molecule has 6 nitrogen and oxygen atoms in total. The Bertz CT molecular complexity index is 655. The molecule has 2 aliphatic heterocycles. The largest absolute Gasteiger partial charge is 0.373 e. The van der Waals surface area contributed by atoms with E-state index in [1.54, 1.807) is 0 Å². The van der Waals surface area contributed by atoms with Gasteiger partial charge in [-0.15, -0.1) is 24.0 Å². The van der Waals surface area contributed by atoms with Crippen LogP contribution in [0.15, 0.2) is 29.3 Å². The summed E-state index contributed by atoms with van der Waals surface area (Å²) >= 11 is 0. The highest BCUT2D eigenvalue weighted by Gasteiger charge is 2.29. The monoisotopic (exact) mass is 529 g/mol. The fourth-order valence-corrected chi connectivity index (χ4v) is 4.12. The number of guanidine groups is 1. The molecular formula is C23H40IN5O. The minimum atomic E-state index is -0.0747. The van der Waals surface area contributed by atoms with Crippen molar-refractivity contribution in [2.24, 2.45) is 4.99 Å². The van der Waals surface area contributed by atoms with Gasteiger partial charge in [0.25, 0.3) is 0 Å². The topological polar surface area (TPSA) is 52.1 Å². The Hall–Kier alpha value is -0.900. The molecule has 1 unspecified atom stereocenters. The lowest BCUT2D eigenvalue weighted by atomic mass is 10.0. The summed E-state index contributed by atoms with van der Waals surface area (Å²) in [6, 6.07) is 8.74. The van der Waals surface area contributed by atoms with Gasteiger partial charge in [-0.2, -0.15) is 0 Å². The average molecular weight is 530 g/mol. The van der Waals surface area contributed by atoms with Gasteiger partial charge in [-0.3, -0.25) is 4.90 Å². The van der Waals surface area contributed by atoms with E-state index in [1.807, 2.05) is 0 Å². The predicted octanol–water partition coefficient (Wildman–Crippen LogP) is 3.07. The Morgan fingerprint density at radius 1 is 1.07 bits per heavy atom. The fraction of sp³-hybridized carbons (Fsp3) is 0.696. The van der Waals surface area contributed by atoms with Crippen LogP contribution in [0.25, 0.3) is 0 Å². The predicted molar refractivity (Wildman–Crippen MR) is 136 cm³/mol. The molecule has 30 heavy (non-hydrogen) atoms. The van der Waals surface area contributed by atoms with Crippen LogP contribution in [0.1, 0.15) is 44.7 Å². The molecule has 0 amide bonds. The van der Waals surface area contributed by atoms with Crippen LogP contribution in [0.5, 0.6) is 0 Å². The van der Waals surface area contributed by atoms with Gasteiger partial charge in [0.15, 0.2) is 5.96 Å². The molecule has 170 valence electrons. The lowest BCUT2D eigenvalue weighted by Crippen LogP contribution is -2.45. The van der Waals surface area contributed by atoms with Crippen molar-refractivity contribution in [1.29, 1.82) is 0 Å². The van der Waals surface area contributed by atoms with Crippen LogP contribution < -0.4 is 10.6 Å². The van der Waals surface area contributed by atoms with E-state index < -0.39 is 0 Å². The molecule has 0 spiro atoms. The third-order valence-electron chi connectivity index (χ3n) is 6.11. The summed E-state index contributed by atoms with van der Waals surface area (Å²) in [6.45, 7) is 16.6. The smallest absolute Gasteiger partial charge is 0.191 e. The maximum Gasteiger partial charge on any atom is 0.191 e. The zero-order valence-corrected chi connectivity index (χ0v) is 21.3. The lowest BCUT2D eigenvalue weighted by Gasteiger charge is -2.34. The molecule has 2 fully saturated rings.